The third-order valence-corrected chi connectivity index (χ3v) is 8.83. The van der Waals surface area contributed by atoms with Crippen molar-refractivity contribution in [1.82, 2.24) is 9.62 Å². The maximum Gasteiger partial charge on any atom is 0.243 e. The standard InChI is InChI=1S/C24H33N3O6S2/c1-19-7-8-20(2)23(17-19)27(34(3,29)30)18-24(28)25-13-16-33-21-9-11-22(12-10-21)35(31,32)26-14-5-4-6-15-26/h7-12,17H,4-6,13-16,18H2,1-3H3,(H,25,28). The number of amides is 1. The highest BCUT2D eigenvalue weighted by molar-refractivity contribution is 7.92. The van der Waals surface area contributed by atoms with Gasteiger partial charge in [0.15, 0.2) is 0 Å². The molecule has 2 aromatic carbocycles. The molecule has 11 heteroatoms. The summed E-state index contributed by atoms with van der Waals surface area (Å²) in [6.45, 7) is 4.70. The number of carbonyl (C=O) groups is 1. The number of sulfonamides is 2. The number of carbonyl (C=O) groups excluding carboxylic acids is 1. The van der Waals surface area contributed by atoms with Crippen LogP contribution in [0.3, 0.4) is 0 Å². The van der Waals surface area contributed by atoms with E-state index in [0.29, 0.717) is 24.5 Å². The molecule has 35 heavy (non-hydrogen) atoms. The van der Waals surface area contributed by atoms with Crippen molar-refractivity contribution in [2.75, 3.05) is 43.3 Å². The van der Waals surface area contributed by atoms with Gasteiger partial charge in [0.05, 0.1) is 23.4 Å². The zero-order valence-corrected chi connectivity index (χ0v) is 22.0. The molecule has 1 N–H and O–H groups in total. The molecule has 9 nitrogen and oxygen atoms in total. The van der Waals surface area contributed by atoms with Crippen LogP contribution >= 0.6 is 0 Å². The average molecular weight is 524 g/mol. The lowest BCUT2D eigenvalue weighted by Crippen LogP contribution is -2.41. The van der Waals surface area contributed by atoms with Gasteiger partial charge in [-0.15, -0.1) is 0 Å². The van der Waals surface area contributed by atoms with Crippen LogP contribution in [0, 0.1) is 13.8 Å². The number of rotatable bonds is 10. The minimum absolute atomic E-state index is 0.145. The van der Waals surface area contributed by atoms with E-state index in [2.05, 4.69) is 5.32 Å². The van der Waals surface area contributed by atoms with Gasteiger partial charge in [-0.3, -0.25) is 9.10 Å². The summed E-state index contributed by atoms with van der Waals surface area (Å²) < 4.78 is 58.3. The summed E-state index contributed by atoms with van der Waals surface area (Å²) in [6, 6.07) is 11.7. The molecule has 1 amide bonds. The molecular formula is C24H33N3O6S2. The quantitative estimate of drug-likeness (QED) is 0.479. The molecule has 0 radical (unpaired) electrons. The zero-order valence-electron chi connectivity index (χ0n) is 20.4. The largest absolute Gasteiger partial charge is 0.492 e. The lowest BCUT2D eigenvalue weighted by molar-refractivity contribution is -0.119. The third kappa shape index (κ3) is 7.18. The van der Waals surface area contributed by atoms with Crippen molar-refractivity contribution < 1.29 is 26.4 Å². The number of anilines is 1. The SMILES string of the molecule is Cc1ccc(C)c(N(CC(=O)NCCOc2ccc(S(=O)(=O)N3CCCCC3)cc2)S(C)(=O)=O)c1. The molecule has 1 fully saturated rings. The number of hydrogen-bond acceptors (Lipinski definition) is 6. The second-order valence-electron chi connectivity index (χ2n) is 8.69. The number of aryl methyl sites for hydroxylation is 2. The number of hydrogen-bond donors (Lipinski definition) is 1. The Hall–Kier alpha value is -2.63. The lowest BCUT2D eigenvalue weighted by atomic mass is 10.1. The maximum absolute atomic E-state index is 12.7. The van der Waals surface area contributed by atoms with Crippen LogP contribution in [-0.4, -0.2) is 66.1 Å². The summed E-state index contributed by atoms with van der Waals surface area (Å²) in [5.41, 5.74) is 2.12. The summed E-state index contributed by atoms with van der Waals surface area (Å²) in [6.07, 6.45) is 3.87. The van der Waals surface area contributed by atoms with Crippen LogP contribution in [0.15, 0.2) is 47.4 Å². The van der Waals surface area contributed by atoms with E-state index in [9.17, 15) is 21.6 Å². The maximum atomic E-state index is 12.7. The molecule has 2 aromatic rings. The van der Waals surface area contributed by atoms with Gasteiger partial charge in [-0.25, -0.2) is 16.8 Å². The van der Waals surface area contributed by atoms with E-state index in [4.69, 9.17) is 4.74 Å². The molecule has 1 aliphatic rings. The predicted octanol–water partition coefficient (Wildman–Crippen LogP) is 2.44. The number of benzene rings is 2. The van der Waals surface area contributed by atoms with E-state index in [1.807, 2.05) is 19.1 Å². The molecule has 1 aliphatic heterocycles. The Kier molecular flexibility index (Phi) is 8.79. The Labute approximate surface area is 208 Å². The molecule has 0 bridgehead atoms. The van der Waals surface area contributed by atoms with Gasteiger partial charge in [0.1, 0.15) is 18.9 Å². The van der Waals surface area contributed by atoms with E-state index < -0.39 is 26.0 Å². The highest BCUT2D eigenvalue weighted by Crippen LogP contribution is 2.24. The molecule has 0 unspecified atom stereocenters. The van der Waals surface area contributed by atoms with E-state index >= 15 is 0 Å². The van der Waals surface area contributed by atoms with Crippen LogP contribution in [0.2, 0.25) is 0 Å². The summed E-state index contributed by atoms with van der Waals surface area (Å²) in [5, 5.41) is 2.67. The Morgan fingerprint density at radius 1 is 1.00 bits per heavy atom. The van der Waals surface area contributed by atoms with Crippen molar-refractivity contribution in [3.05, 3.63) is 53.6 Å². The van der Waals surface area contributed by atoms with Gasteiger partial charge >= 0.3 is 0 Å². The Morgan fingerprint density at radius 3 is 2.29 bits per heavy atom. The van der Waals surface area contributed by atoms with Crippen molar-refractivity contribution in [3.8, 4) is 5.75 Å². The van der Waals surface area contributed by atoms with Gasteiger partial charge in [-0.1, -0.05) is 18.6 Å². The fourth-order valence-electron chi connectivity index (χ4n) is 3.88. The lowest BCUT2D eigenvalue weighted by Gasteiger charge is -2.25. The minimum Gasteiger partial charge on any atom is -0.492 e. The van der Waals surface area contributed by atoms with Crippen LogP contribution < -0.4 is 14.4 Å². The van der Waals surface area contributed by atoms with Crippen molar-refractivity contribution in [2.24, 2.45) is 0 Å². The van der Waals surface area contributed by atoms with Crippen molar-refractivity contribution >= 4 is 31.6 Å². The summed E-state index contributed by atoms with van der Waals surface area (Å²) in [5.74, 6) is 0.0212. The van der Waals surface area contributed by atoms with Crippen molar-refractivity contribution in [3.63, 3.8) is 0 Å². The fourth-order valence-corrected chi connectivity index (χ4v) is 6.30. The first kappa shape index (κ1) is 27.0. The minimum atomic E-state index is -3.66. The van der Waals surface area contributed by atoms with E-state index in [1.165, 1.54) is 16.4 Å². The Bertz CT molecular complexity index is 1240. The highest BCUT2D eigenvalue weighted by atomic mass is 32.2. The fraction of sp³-hybridized carbons (Fsp3) is 0.458. The van der Waals surface area contributed by atoms with E-state index in [-0.39, 0.29) is 24.6 Å². The van der Waals surface area contributed by atoms with Crippen LogP contribution in [0.1, 0.15) is 30.4 Å². The van der Waals surface area contributed by atoms with Gasteiger partial charge in [0.2, 0.25) is 26.0 Å². The number of piperidine rings is 1. The number of nitrogens with zero attached hydrogens (tertiary/aromatic N) is 2. The molecule has 1 heterocycles. The Balaban J connectivity index is 1.52. The second-order valence-corrected chi connectivity index (χ2v) is 12.5. The molecule has 0 spiro atoms. The summed E-state index contributed by atoms with van der Waals surface area (Å²) in [4.78, 5) is 12.7. The van der Waals surface area contributed by atoms with Crippen LogP contribution in [0.25, 0.3) is 0 Å². The van der Waals surface area contributed by atoms with Gasteiger partial charge in [-0.05, 0) is 68.1 Å². The molecule has 3 rings (SSSR count). The predicted molar refractivity (Wildman–Crippen MR) is 136 cm³/mol. The van der Waals surface area contributed by atoms with Crippen molar-refractivity contribution in [2.45, 2.75) is 38.0 Å². The molecule has 192 valence electrons. The topological polar surface area (TPSA) is 113 Å². The second kappa shape index (κ2) is 11.4. The van der Waals surface area contributed by atoms with Crippen LogP contribution in [0.5, 0.6) is 5.75 Å². The molecular weight excluding hydrogens is 490 g/mol. The molecule has 0 atom stereocenters. The van der Waals surface area contributed by atoms with Gasteiger partial charge in [0.25, 0.3) is 0 Å². The van der Waals surface area contributed by atoms with Crippen LogP contribution in [0.4, 0.5) is 5.69 Å². The van der Waals surface area contributed by atoms with Gasteiger partial charge in [-0.2, -0.15) is 4.31 Å². The van der Waals surface area contributed by atoms with E-state index in [0.717, 1.165) is 41.0 Å². The third-order valence-electron chi connectivity index (χ3n) is 5.79. The van der Waals surface area contributed by atoms with Gasteiger partial charge in [0, 0.05) is 13.1 Å². The number of nitrogens with one attached hydrogen (secondary N) is 1. The molecule has 0 saturated carbocycles. The first-order chi connectivity index (χ1) is 16.5. The first-order valence-electron chi connectivity index (χ1n) is 11.5. The van der Waals surface area contributed by atoms with Gasteiger partial charge < -0.3 is 10.1 Å². The molecule has 0 aliphatic carbocycles. The average Bonchev–Trinajstić information content (AvgIpc) is 2.82. The normalized spacial score (nSPS) is 14.9. The number of ether oxygens (including phenoxy) is 1. The highest BCUT2D eigenvalue weighted by Gasteiger charge is 2.26. The molecule has 0 aromatic heterocycles. The Morgan fingerprint density at radius 2 is 1.66 bits per heavy atom. The first-order valence-corrected chi connectivity index (χ1v) is 14.8. The smallest absolute Gasteiger partial charge is 0.243 e. The zero-order chi connectivity index (χ0) is 25.6. The summed E-state index contributed by atoms with van der Waals surface area (Å²) >= 11 is 0. The van der Waals surface area contributed by atoms with Crippen molar-refractivity contribution in [1.29, 1.82) is 0 Å². The summed E-state index contributed by atoms with van der Waals surface area (Å²) in [7, 11) is -7.16. The van der Waals surface area contributed by atoms with Crippen LogP contribution in [-0.2, 0) is 24.8 Å². The molecule has 1 saturated heterocycles. The monoisotopic (exact) mass is 523 g/mol. The van der Waals surface area contributed by atoms with E-state index in [1.54, 1.807) is 25.1 Å².